The van der Waals surface area contributed by atoms with Crippen LogP contribution in [0.5, 0.6) is 17.4 Å². The van der Waals surface area contributed by atoms with Gasteiger partial charge in [-0.1, -0.05) is 0 Å². The number of nitrogens with zero attached hydrogens (tertiary/aromatic N) is 8. The van der Waals surface area contributed by atoms with Gasteiger partial charge in [-0.15, -0.1) is 30.7 Å². The number of aromatic nitrogens is 2. The molecular formula is C27H20N9O21S5+. The Morgan fingerprint density at radius 2 is 0.952 bits per heavy atom. The van der Waals surface area contributed by atoms with E-state index < -0.39 is 149 Å². The second-order valence-electron chi connectivity index (χ2n) is 11.7. The van der Waals surface area contributed by atoms with Gasteiger partial charge < -0.3 is 20.4 Å². The van der Waals surface area contributed by atoms with Gasteiger partial charge >= 0.3 is 5.97 Å². The van der Waals surface area contributed by atoms with Crippen LogP contribution in [-0.4, -0.2) is 113 Å². The first-order chi connectivity index (χ1) is 28.3. The maximum Gasteiger partial charge on any atom is 0.358 e. The zero-order valence-electron chi connectivity index (χ0n) is 29.6. The minimum Gasteiger partial charge on any atom is -0.505 e. The highest BCUT2D eigenvalue weighted by molar-refractivity contribution is 7.87. The van der Waals surface area contributed by atoms with Crippen molar-refractivity contribution in [3.05, 3.63) is 53.1 Å². The second kappa shape index (κ2) is 15.9. The van der Waals surface area contributed by atoms with Gasteiger partial charge in [-0.05, 0) is 35.7 Å². The van der Waals surface area contributed by atoms with Crippen LogP contribution < -0.4 is 0 Å². The van der Waals surface area contributed by atoms with E-state index >= 15 is 0 Å². The van der Waals surface area contributed by atoms with Gasteiger partial charge in [-0.3, -0.25) is 22.8 Å². The van der Waals surface area contributed by atoms with Gasteiger partial charge in [-0.2, -0.15) is 47.2 Å². The van der Waals surface area contributed by atoms with Crippen molar-refractivity contribution >= 4 is 107 Å². The van der Waals surface area contributed by atoms with Crippen LogP contribution in [-0.2, 0) is 50.6 Å². The van der Waals surface area contributed by atoms with Crippen molar-refractivity contribution < 1.29 is 94.8 Å². The van der Waals surface area contributed by atoms with Crippen LogP contribution in [0.1, 0.15) is 10.5 Å². The van der Waals surface area contributed by atoms with Gasteiger partial charge in [-0.25, -0.2) is 9.89 Å². The van der Waals surface area contributed by atoms with E-state index in [0.29, 0.717) is 12.1 Å². The molecule has 0 unspecified atom stereocenters. The monoisotopic (exact) mass is 966 g/mol. The van der Waals surface area contributed by atoms with Gasteiger partial charge in [0.2, 0.25) is 11.6 Å². The third-order valence-electron chi connectivity index (χ3n) is 7.69. The summed E-state index contributed by atoms with van der Waals surface area (Å²) in [6, 6.07) is 3.19. The summed E-state index contributed by atoms with van der Waals surface area (Å²) < 4.78 is 173. The molecule has 5 aromatic rings. The van der Waals surface area contributed by atoms with Gasteiger partial charge in [0, 0.05) is 21.8 Å². The number of phenolic OH excluding ortho intramolecular Hbond substituents is 2. The standard InChI is InChI=1S/C27H19N9O21S5/c1-36(42)10-2-3-11(14(6-10)58(43,44)45)28-31-20-17(61(52,53)54)4-9-5-18(62(55,56)57)21(25(38)19(9)24(20)37)32-29-12-7-16(60(49,50)51)13(8-15(12)59(46,47)48)30-33-22-23(27(40)41)34-35-26(22)39/h2-8H,1H3,(H9-,28,29,30,31,32,33,34,35,37,38,39,40,41,42,43,44,45,46,47,48,49,50,51,52,53,54,55,56,57)/p+1. The van der Waals surface area contributed by atoms with E-state index in [9.17, 15) is 95.0 Å². The minimum atomic E-state index is -5.67. The van der Waals surface area contributed by atoms with Gasteiger partial charge in [0.25, 0.3) is 56.3 Å². The minimum absolute atomic E-state index is 0.103. The highest BCUT2D eigenvalue weighted by Crippen LogP contribution is 2.50. The van der Waals surface area contributed by atoms with Crippen LogP contribution in [0.2, 0.25) is 0 Å². The number of carboxylic acids is 1. The lowest BCUT2D eigenvalue weighted by atomic mass is 10.1. The average molecular weight is 967 g/mol. The predicted octanol–water partition coefficient (Wildman–Crippen LogP) is 3.90. The summed E-state index contributed by atoms with van der Waals surface area (Å²) in [6.45, 7) is 0. The number of aromatic carboxylic acids is 1. The molecule has 0 aliphatic rings. The quantitative estimate of drug-likeness (QED) is 0.0454. The topological polar surface area (TPSA) is 493 Å². The molecule has 1 aromatic heterocycles. The number of carboxylic acid groups (broad SMARTS) is 1. The van der Waals surface area contributed by atoms with Crippen molar-refractivity contribution in [2.24, 2.45) is 30.7 Å². The first kappa shape index (κ1) is 46.2. The predicted molar refractivity (Wildman–Crippen MR) is 198 cm³/mol. The number of nitrogens with one attached hydrogen (secondary N) is 1. The Morgan fingerprint density at radius 3 is 1.34 bits per heavy atom. The number of azo groups is 3. The molecule has 10 N–H and O–H groups in total. The highest BCUT2D eigenvalue weighted by Gasteiger charge is 2.31. The SMILES string of the molecule is C[N+](=O)c1ccc(N=Nc2c(S(=O)(=O)O)cc3cc(S(=O)(=O)O)c(N=Nc4cc(S(=O)(=O)O)c(N=Nc5c(C(=O)O)n[nH]c5O)cc4S(=O)(=O)O)c(O)c3c2O)c(S(=O)(=O)O)c1. The number of aromatic amines is 1. The number of aromatic hydroxyl groups is 3. The summed E-state index contributed by atoms with van der Waals surface area (Å²) in [5, 5.41) is 64.6. The molecule has 0 aliphatic heterocycles. The zero-order valence-corrected chi connectivity index (χ0v) is 33.7. The second-order valence-corrected chi connectivity index (χ2v) is 18.7. The molecule has 4 aromatic carbocycles. The Balaban J connectivity index is 1.80. The summed E-state index contributed by atoms with van der Waals surface area (Å²) in [5.74, 6) is -6.01. The van der Waals surface area contributed by atoms with Crippen LogP contribution >= 0.6 is 0 Å². The molecule has 0 atom stereocenters. The molecule has 0 saturated heterocycles. The van der Waals surface area contributed by atoms with E-state index in [1.54, 1.807) is 5.10 Å². The first-order valence-corrected chi connectivity index (χ1v) is 22.4. The fraction of sp³-hybridized carbons (Fsp3) is 0.0370. The maximum atomic E-state index is 12.5. The summed E-state index contributed by atoms with van der Waals surface area (Å²) in [5.41, 5.74) is -8.52. The number of fused-ring (bicyclic) bond motifs is 1. The van der Waals surface area contributed by atoms with E-state index in [2.05, 4.69) is 35.8 Å². The number of rotatable bonds is 13. The molecule has 62 heavy (non-hydrogen) atoms. The summed E-state index contributed by atoms with van der Waals surface area (Å²) in [7, 11) is -26.7. The van der Waals surface area contributed by atoms with Crippen molar-refractivity contribution in [1.29, 1.82) is 0 Å². The molecule has 0 bridgehead atoms. The number of carbonyl (C=O) groups is 1. The lowest BCUT2D eigenvalue weighted by molar-refractivity contribution is -0.428. The molecule has 328 valence electrons. The van der Waals surface area contributed by atoms with Gasteiger partial charge in [0.05, 0.1) is 5.39 Å². The summed E-state index contributed by atoms with van der Waals surface area (Å²) in [6.07, 6.45) is 0. The number of nitroso groups, excluding NO2 is 1. The molecule has 0 saturated carbocycles. The molecule has 30 nitrogen and oxygen atoms in total. The third-order valence-corrected chi connectivity index (χ3v) is 12.1. The molecule has 0 spiro atoms. The number of benzene rings is 4. The van der Waals surface area contributed by atoms with Crippen LogP contribution in [0.25, 0.3) is 10.8 Å². The van der Waals surface area contributed by atoms with Crippen molar-refractivity contribution in [2.45, 2.75) is 24.5 Å². The highest BCUT2D eigenvalue weighted by atomic mass is 32.2. The largest absolute Gasteiger partial charge is 0.505 e. The Morgan fingerprint density at radius 1 is 0.565 bits per heavy atom. The first-order valence-electron chi connectivity index (χ1n) is 15.2. The van der Waals surface area contributed by atoms with E-state index in [4.69, 9.17) is 0 Å². The van der Waals surface area contributed by atoms with E-state index in [0.717, 1.165) is 19.2 Å². The molecule has 5 rings (SSSR count). The molecule has 0 radical (unpaired) electrons. The van der Waals surface area contributed by atoms with Crippen LogP contribution in [0.15, 0.2) is 97.6 Å². The molecule has 1 heterocycles. The Kier molecular flexibility index (Phi) is 11.9. The van der Waals surface area contributed by atoms with E-state index in [1.807, 2.05) is 0 Å². The number of H-pyrrole nitrogens is 1. The van der Waals surface area contributed by atoms with Crippen LogP contribution in [0.3, 0.4) is 0 Å². The number of hydrogen-bond donors (Lipinski definition) is 10. The lowest BCUT2D eigenvalue weighted by Crippen LogP contribution is -2.03. The Hall–Kier alpha value is -6.83. The fourth-order valence-electron chi connectivity index (χ4n) is 5.03. The van der Waals surface area contributed by atoms with E-state index in [1.165, 1.54) is 0 Å². The normalized spacial score (nSPS) is 13.2. The molecule has 0 fully saturated rings. The summed E-state index contributed by atoms with van der Waals surface area (Å²) in [4.78, 5) is 16.1. The maximum absolute atomic E-state index is 12.5. The van der Waals surface area contributed by atoms with E-state index in [-0.39, 0.29) is 28.6 Å². The lowest BCUT2D eigenvalue weighted by Gasteiger charge is -2.13. The fourth-order valence-corrected chi connectivity index (χ4v) is 8.23. The average Bonchev–Trinajstić information content (AvgIpc) is 3.50. The number of hydrogen-bond acceptors (Lipinski definition) is 22. The Bertz CT molecular complexity index is 3480. The third kappa shape index (κ3) is 9.39. The van der Waals surface area contributed by atoms with Gasteiger partial charge in [0.15, 0.2) is 24.2 Å². The smallest absolute Gasteiger partial charge is 0.358 e. The van der Waals surface area contributed by atoms with Crippen molar-refractivity contribution in [2.75, 3.05) is 7.05 Å². The van der Waals surface area contributed by atoms with Crippen molar-refractivity contribution in [1.82, 2.24) is 10.2 Å². The molecular weight excluding hydrogens is 947 g/mol. The van der Waals surface area contributed by atoms with Gasteiger partial charge in [0.1, 0.15) is 52.9 Å². The molecule has 35 heteroatoms. The summed E-state index contributed by atoms with van der Waals surface area (Å²) >= 11 is 0. The van der Waals surface area contributed by atoms with Crippen molar-refractivity contribution in [3.8, 4) is 17.4 Å². The Labute approximate surface area is 343 Å². The molecule has 0 amide bonds. The number of phenols is 2. The van der Waals surface area contributed by atoms with Crippen LogP contribution in [0.4, 0.5) is 39.8 Å². The zero-order chi connectivity index (χ0) is 46.7. The van der Waals surface area contributed by atoms with Crippen molar-refractivity contribution in [3.63, 3.8) is 0 Å². The van der Waals surface area contributed by atoms with Crippen LogP contribution in [0, 0.1) is 4.91 Å². The molecule has 0 aliphatic carbocycles.